The molecule has 6 heteroatoms. The number of benzene rings is 1. The number of alkyl halides is 3. The Hall–Kier alpha value is -1.72. The molecule has 1 heterocycles. The average Bonchev–Trinajstić information content (AvgIpc) is 2.80. The number of carbonyl (C=O) groups is 1. The van der Waals surface area contributed by atoms with Crippen molar-refractivity contribution in [1.29, 1.82) is 0 Å². The van der Waals surface area contributed by atoms with Crippen LogP contribution in [0.4, 0.5) is 18.9 Å². The third-order valence-electron chi connectivity index (χ3n) is 5.45. The molecular formula is C19H24F3NO2. The van der Waals surface area contributed by atoms with Crippen molar-refractivity contribution >= 4 is 11.6 Å². The van der Waals surface area contributed by atoms with Crippen LogP contribution in [0.1, 0.15) is 58.3 Å². The molecule has 2 aliphatic rings. The maximum Gasteiger partial charge on any atom is 0.573 e. The molecule has 1 aromatic rings. The van der Waals surface area contributed by atoms with Gasteiger partial charge in [0.25, 0.3) is 0 Å². The predicted octanol–water partition coefficient (Wildman–Crippen LogP) is 5.44. The molecule has 0 N–H and O–H groups in total. The highest BCUT2D eigenvalue weighted by Crippen LogP contribution is 2.49. The summed E-state index contributed by atoms with van der Waals surface area (Å²) in [5.74, 6) is -0.113. The average molecular weight is 355 g/mol. The summed E-state index contributed by atoms with van der Waals surface area (Å²) in [7, 11) is 0. The summed E-state index contributed by atoms with van der Waals surface area (Å²) in [5, 5.41) is 0. The summed E-state index contributed by atoms with van der Waals surface area (Å²) in [5.41, 5.74) is 0.402. The summed E-state index contributed by atoms with van der Waals surface area (Å²) >= 11 is 0. The molecule has 1 unspecified atom stereocenters. The lowest BCUT2D eigenvalue weighted by Crippen LogP contribution is -2.38. The fourth-order valence-corrected chi connectivity index (χ4v) is 4.40. The van der Waals surface area contributed by atoms with Crippen molar-refractivity contribution in [2.24, 2.45) is 5.41 Å². The van der Waals surface area contributed by atoms with Gasteiger partial charge in [-0.15, -0.1) is 13.2 Å². The van der Waals surface area contributed by atoms with E-state index in [4.69, 9.17) is 0 Å². The molecule has 3 nitrogen and oxygen atoms in total. The minimum atomic E-state index is -4.71. The van der Waals surface area contributed by atoms with Gasteiger partial charge in [-0.1, -0.05) is 32.6 Å². The third kappa shape index (κ3) is 3.77. The first kappa shape index (κ1) is 18.1. The SMILES string of the molecule is CCCC1CC2(CCCCC2)C(=O)N1c1ccc(OC(F)(F)F)cc1. The van der Waals surface area contributed by atoms with E-state index >= 15 is 0 Å². The van der Waals surface area contributed by atoms with Crippen LogP contribution in [0.25, 0.3) is 0 Å². The van der Waals surface area contributed by atoms with Gasteiger partial charge in [0.15, 0.2) is 0 Å². The second-order valence-corrected chi connectivity index (χ2v) is 7.20. The number of ether oxygens (including phenoxy) is 1. The van der Waals surface area contributed by atoms with Gasteiger partial charge in [-0.25, -0.2) is 0 Å². The fourth-order valence-electron chi connectivity index (χ4n) is 4.40. The Morgan fingerprint density at radius 1 is 1.16 bits per heavy atom. The van der Waals surface area contributed by atoms with Crippen LogP contribution in [0.3, 0.4) is 0 Å². The van der Waals surface area contributed by atoms with Gasteiger partial charge in [-0.2, -0.15) is 0 Å². The molecule has 0 bridgehead atoms. The Kier molecular flexibility index (Phi) is 4.98. The standard InChI is InChI=1S/C19H24F3NO2/c1-2-6-15-13-18(11-4-3-5-12-18)17(24)23(15)14-7-9-16(10-8-14)25-19(20,21)22/h7-10,15H,2-6,11-13H2,1H3. The molecule has 1 saturated carbocycles. The van der Waals surface area contributed by atoms with Gasteiger partial charge in [0.2, 0.25) is 5.91 Å². The van der Waals surface area contributed by atoms with Crippen molar-refractivity contribution in [2.75, 3.05) is 4.90 Å². The smallest absolute Gasteiger partial charge is 0.406 e. The van der Waals surface area contributed by atoms with Crippen molar-refractivity contribution in [2.45, 2.75) is 70.7 Å². The monoisotopic (exact) mass is 355 g/mol. The van der Waals surface area contributed by atoms with Crippen molar-refractivity contribution in [3.8, 4) is 5.75 Å². The van der Waals surface area contributed by atoms with Gasteiger partial charge in [0, 0.05) is 11.7 Å². The molecule has 2 fully saturated rings. The Balaban J connectivity index is 1.84. The number of nitrogens with zero attached hydrogens (tertiary/aromatic N) is 1. The molecule has 3 rings (SSSR count). The number of hydrogen-bond acceptors (Lipinski definition) is 2. The fraction of sp³-hybridized carbons (Fsp3) is 0.632. The first-order valence-electron chi connectivity index (χ1n) is 9.04. The maximum atomic E-state index is 13.2. The van der Waals surface area contributed by atoms with Crippen LogP contribution in [-0.4, -0.2) is 18.3 Å². The van der Waals surface area contributed by atoms with Crippen LogP contribution in [-0.2, 0) is 4.79 Å². The lowest BCUT2D eigenvalue weighted by Gasteiger charge is -2.31. The minimum absolute atomic E-state index is 0.130. The van der Waals surface area contributed by atoms with E-state index in [1.165, 1.54) is 18.6 Å². The number of hydrogen-bond donors (Lipinski definition) is 0. The van der Waals surface area contributed by atoms with E-state index in [1.807, 2.05) is 4.90 Å². The number of halogens is 3. The minimum Gasteiger partial charge on any atom is -0.406 e. The molecule has 1 atom stereocenters. The number of rotatable bonds is 4. The lowest BCUT2D eigenvalue weighted by atomic mass is 9.72. The van der Waals surface area contributed by atoms with Gasteiger partial charge in [-0.05, 0) is 49.9 Å². The highest BCUT2D eigenvalue weighted by molar-refractivity contribution is 6.00. The maximum absolute atomic E-state index is 13.2. The Labute approximate surface area is 146 Å². The molecule has 138 valence electrons. The molecule has 1 aromatic carbocycles. The third-order valence-corrected chi connectivity index (χ3v) is 5.45. The quantitative estimate of drug-likeness (QED) is 0.720. The first-order valence-corrected chi connectivity index (χ1v) is 9.04. The second-order valence-electron chi connectivity index (χ2n) is 7.20. The number of amides is 1. The van der Waals surface area contributed by atoms with Gasteiger partial charge in [-0.3, -0.25) is 4.79 Å². The van der Waals surface area contributed by atoms with E-state index in [0.717, 1.165) is 44.9 Å². The predicted molar refractivity (Wildman–Crippen MR) is 89.4 cm³/mol. The van der Waals surface area contributed by atoms with Crippen LogP contribution < -0.4 is 9.64 Å². The number of carbonyl (C=O) groups excluding carboxylic acids is 1. The largest absolute Gasteiger partial charge is 0.573 e. The van der Waals surface area contributed by atoms with Crippen LogP contribution in [0.5, 0.6) is 5.75 Å². The molecule has 1 spiro atoms. The van der Waals surface area contributed by atoms with Crippen LogP contribution in [0.15, 0.2) is 24.3 Å². The van der Waals surface area contributed by atoms with Crippen LogP contribution in [0.2, 0.25) is 0 Å². The Bertz CT molecular complexity index is 606. The molecule has 0 aromatic heterocycles. The van der Waals surface area contributed by atoms with E-state index in [-0.39, 0.29) is 23.1 Å². The highest BCUT2D eigenvalue weighted by atomic mass is 19.4. The zero-order valence-corrected chi connectivity index (χ0v) is 14.4. The summed E-state index contributed by atoms with van der Waals surface area (Å²) in [4.78, 5) is 15.0. The second kappa shape index (κ2) is 6.89. The van der Waals surface area contributed by atoms with Crippen LogP contribution >= 0.6 is 0 Å². The van der Waals surface area contributed by atoms with Gasteiger partial charge >= 0.3 is 6.36 Å². The normalized spacial score (nSPS) is 23.3. The van der Waals surface area contributed by atoms with E-state index < -0.39 is 6.36 Å². The van der Waals surface area contributed by atoms with Crippen molar-refractivity contribution in [3.05, 3.63) is 24.3 Å². The zero-order chi connectivity index (χ0) is 18.1. The Morgan fingerprint density at radius 3 is 2.36 bits per heavy atom. The molecule has 1 aliphatic heterocycles. The topological polar surface area (TPSA) is 29.5 Å². The van der Waals surface area contributed by atoms with Crippen molar-refractivity contribution in [1.82, 2.24) is 0 Å². The van der Waals surface area contributed by atoms with E-state index in [0.29, 0.717) is 5.69 Å². The summed E-state index contributed by atoms with van der Waals surface area (Å²) in [6.45, 7) is 2.09. The van der Waals surface area contributed by atoms with E-state index in [2.05, 4.69) is 11.7 Å². The van der Waals surface area contributed by atoms with Crippen molar-refractivity contribution in [3.63, 3.8) is 0 Å². The molecular weight excluding hydrogens is 331 g/mol. The summed E-state index contributed by atoms with van der Waals surface area (Å²) < 4.78 is 40.9. The first-order chi connectivity index (χ1) is 11.8. The summed E-state index contributed by atoms with van der Waals surface area (Å²) in [6, 6.07) is 5.81. The Morgan fingerprint density at radius 2 is 1.80 bits per heavy atom. The molecule has 25 heavy (non-hydrogen) atoms. The molecule has 1 aliphatic carbocycles. The van der Waals surface area contributed by atoms with Crippen LogP contribution in [0, 0.1) is 5.41 Å². The van der Waals surface area contributed by atoms with Gasteiger partial charge in [0.1, 0.15) is 5.75 Å². The molecule has 1 saturated heterocycles. The van der Waals surface area contributed by atoms with E-state index in [9.17, 15) is 18.0 Å². The number of anilines is 1. The van der Waals surface area contributed by atoms with Gasteiger partial charge in [0.05, 0.1) is 5.41 Å². The molecule has 0 radical (unpaired) electrons. The zero-order valence-electron chi connectivity index (χ0n) is 14.4. The summed E-state index contributed by atoms with van der Waals surface area (Å²) in [6.07, 6.45) is 3.23. The van der Waals surface area contributed by atoms with E-state index in [1.54, 1.807) is 12.1 Å². The van der Waals surface area contributed by atoms with Crippen molar-refractivity contribution < 1.29 is 22.7 Å². The lowest BCUT2D eigenvalue weighted by molar-refractivity contribution is -0.274. The highest BCUT2D eigenvalue weighted by Gasteiger charge is 2.51. The van der Waals surface area contributed by atoms with Gasteiger partial charge < -0.3 is 9.64 Å². The molecule has 1 amide bonds.